The Morgan fingerprint density at radius 1 is 1.03 bits per heavy atom. The van der Waals surface area contributed by atoms with Crippen LogP contribution in [0.5, 0.6) is 0 Å². The molecule has 1 saturated heterocycles. The zero-order chi connectivity index (χ0) is 24.7. The summed E-state index contributed by atoms with van der Waals surface area (Å²) >= 11 is 6.30. The van der Waals surface area contributed by atoms with E-state index in [1.54, 1.807) is 6.92 Å². The first-order valence-electron chi connectivity index (χ1n) is 11.0. The molecule has 0 saturated carbocycles. The van der Waals surface area contributed by atoms with E-state index < -0.39 is 17.7 Å². The summed E-state index contributed by atoms with van der Waals surface area (Å²) < 4.78 is 36.1. The number of benzene rings is 2. The van der Waals surface area contributed by atoms with Crippen molar-refractivity contribution in [2.24, 2.45) is 0 Å². The number of nitrogens with two attached hydrogens (primary N) is 1. The van der Waals surface area contributed by atoms with Crippen molar-refractivity contribution in [3.63, 3.8) is 0 Å². The number of morpholine rings is 1. The van der Waals surface area contributed by atoms with Crippen molar-refractivity contribution in [1.29, 1.82) is 0 Å². The Morgan fingerprint density at radius 2 is 1.77 bits per heavy atom. The van der Waals surface area contributed by atoms with Crippen LogP contribution in [0.2, 0.25) is 5.02 Å². The number of aromatic nitrogens is 3. The number of fused-ring (bicyclic) bond motifs is 1. The van der Waals surface area contributed by atoms with Crippen LogP contribution < -0.4 is 10.6 Å². The molecule has 0 amide bonds. The van der Waals surface area contributed by atoms with Crippen LogP contribution in [0.1, 0.15) is 23.1 Å². The molecular weight excluding hydrogens is 476 g/mol. The highest BCUT2D eigenvalue weighted by atomic mass is 35.5. The van der Waals surface area contributed by atoms with E-state index in [1.807, 2.05) is 4.90 Å². The average molecular weight is 498 g/mol. The minimum absolute atomic E-state index is 0.0109. The SMILES string of the molecule is Cc1nccnc1[C@@H](O)c1cc(-c2ccnc3c(N)c(N4CCOCC4)cc(F)c23)c(F)cc1Cl. The van der Waals surface area contributed by atoms with Gasteiger partial charge in [0.1, 0.15) is 17.7 Å². The van der Waals surface area contributed by atoms with E-state index in [1.165, 1.54) is 36.8 Å². The maximum atomic E-state index is 15.5. The quantitative estimate of drug-likeness (QED) is 0.402. The third-order valence-electron chi connectivity index (χ3n) is 6.19. The normalized spacial score (nSPS) is 14.9. The Balaban J connectivity index is 1.67. The van der Waals surface area contributed by atoms with Crippen LogP contribution in [0.15, 0.2) is 42.9 Å². The van der Waals surface area contributed by atoms with Crippen LogP contribution in [0, 0.1) is 18.6 Å². The van der Waals surface area contributed by atoms with Gasteiger partial charge in [0.25, 0.3) is 0 Å². The summed E-state index contributed by atoms with van der Waals surface area (Å²) in [6.07, 6.45) is 3.15. The lowest BCUT2D eigenvalue weighted by Crippen LogP contribution is -2.36. The second kappa shape index (κ2) is 9.33. The van der Waals surface area contributed by atoms with Crippen molar-refractivity contribution in [2.45, 2.75) is 13.0 Å². The van der Waals surface area contributed by atoms with Gasteiger partial charge in [-0.2, -0.15) is 0 Å². The first-order chi connectivity index (χ1) is 16.9. The molecule has 180 valence electrons. The van der Waals surface area contributed by atoms with Gasteiger partial charge in [0.15, 0.2) is 0 Å². The van der Waals surface area contributed by atoms with E-state index in [0.29, 0.717) is 43.4 Å². The van der Waals surface area contributed by atoms with Crippen LogP contribution in [0.25, 0.3) is 22.0 Å². The Labute approximate surface area is 205 Å². The molecule has 1 atom stereocenters. The number of ether oxygens (including phenoxy) is 1. The van der Waals surface area contributed by atoms with E-state index >= 15 is 8.78 Å². The van der Waals surface area contributed by atoms with E-state index in [4.69, 9.17) is 22.1 Å². The minimum atomic E-state index is -1.26. The second-order valence-electron chi connectivity index (χ2n) is 8.26. The van der Waals surface area contributed by atoms with Gasteiger partial charge in [-0.25, -0.2) is 8.78 Å². The number of rotatable bonds is 4. The molecule has 2 aromatic carbocycles. The lowest BCUT2D eigenvalue weighted by molar-refractivity contribution is 0.123. The largest absolute Gasteiger partial charge is 0.395 e. The van der Waals surface area contributed by atoms with Gasteiger partial charge in [-0.1, -0.05) is 11.6 Å². The van der Waals surface area contributed by atoms with Crippen molar-refractivity contribution in [1.82, 2.24) is 15.0 Å². The maximum Gasteiger partial charge on any atom is 0.135 e. The third-order valence-corrected chi connectivity index (χ3v) is 6.51. The van der Waals surface area contributed by atoms with Crippen molar-refractivity contribution in [2.75, 3.05) is 36.9 Å². The topological polar surface area (TPSA) is 97.4 Å². The molecule has 4 aromatic rings. The van der Waals surface area contributed by atoms with Crippen molar-refractivity contribution in [3.8, 4) is 11.1 Å². The maximum absolute atomic E-state index is 15.5. The number of hydrogen-bond donors (Lipinski definition) is 2. The smallest absolute Gasteiger partial charge is 0.135 e. The van der Waals surface area contributed by atoms with E-state index in [2.05, 4.69) is 15.0 Å². The Bertz CT molecular complexity index is 1430. The van der Waals surface area contributed by atoms with Crippen molar-refractivity contribution < 1.29 is 18.6 Å². The predicted octanol–water partition coefficient (Wildman–Crippen LogP) is 4.43. The fourth-order valence-electron chi connectivity index (χ4n) is 4.41. The fraction of sp³-hybridized carbons (Fsp3) is 0.240. The van der Waals surface area contributed by atoms with Gasteiger partial charge in [-0.15, -0.1) is 0 Å². The predicted molar refractivity (Wildman–Crippen MR) is 130 cm³/mol. The zero-order valence-corrected chi connectivity index (χ0v) is 19.6. The van der Waals surface area contributed by atoms with Gasteiger partial charge >= 0.3 is 0 Å². The number of nitrogen functional groups attached to an aromatic ring is 1. The lowest BCUT2D eigenvalue weighted by Gasteiger charge is -2.30. The monoisotopic (exact) mass is 497 g/mol. The van der Waals surface area contributed by atoms with Crippen molar-refractivity contribution in [3.05, 3.63) is 76.5 Å². The first kappa shape index (κ1) is 23.3. The highest BCUT2D eigenvalue weighted by molar-refractivity contribution is 6.31. The molecule has 3 heterocycles. The number of aryl methyl sites for hydroxylation is 1. The van der Waals surface area contributed by atoms with Crippen LogP contribution in [0.3, 0.4) is 0 Å². The summed E-state index contributed by atoms with van der Waals surface area (Å²) in [7, 11) is 0. The Hall–Kier alpha value is -3.40. The number of hydrogen-bond acceptors (Lipinski definition) is 7. The van der Waals surface area contributed by atoms with Gasteiger partial charge in [-0.3, -0.25) is 15.0 Å². The highest BCUT2D eigenvalue weighted by Crippen LogP contribution is 2.40. The Morgan fingerprint density at radius 3 is 2.51 bits per heavy atom. The number of aliphatic hydroxyl groups excluding tert-OH is 1. The first-order valence-corrected chi connectivity index (χ1v) is 11.4. The molecule has 1 aliphatic rings. The van der Waals surface area contributed by atoms with Gasteiger partial charge < -0.3 is 20.5 Å². The Kier molecular flexibility index (Phi) is 6.22. The molecule has 0 aliphatic carbocycles. The van der Waals surface area contributed by atoms with Gasteiger partial charge in [-0.05, 0) is 30.7 Å². The molecule has 2 aromatic heterocycles. The number of pyridine rings is 1. The molecule has 35 heavy (non-hydrogen) atoms. The van der Waals surface area contributed by atoms with Gasteiger partial charge in [0.05, 0.1) is 41.5 Å². The second-order valence-corrected chi connectivity index (χ2v) is 8.66. The summed E-state index contributed by atoms with van der Waals surface area (Å²) in [6, 6.07) is 5.35. The average Bonchev–Trinajstić information content (AvgIpc) is 2.86. The molecule has 1 aliphatic heterocycles. The summed E-state index contributed by atoms with van der Waals surface area (Å²) in [6.45, 7) is 3.87. The zero-order valence-electron chi connectivity index (χ0n) is 18.8. The van der Waals surface area contributed by atoms with Gasteiger partial charge in [0.2, 0.25) is 0 Å². The molecule has 0 radical (unpaired) electrons. The summed E-state index contributed by atoms with van der Waals surface area (Å²) in [5.74, 6) is -1.26. The van der Waals surface area contributed by atoms with Crippen LogP contribution in [0.4, 0.5) is 20.2 Å². The number of halogens is 3. The molecule has 3 N–H and O–H groups in total. The summed E-state index contributed by atoms with van der Waals surface area (Å²) in [5.41, 5.74) is 8.77. The molecule has 0 spiro atoms. The molecule has 0 unspecified atom stereocenters. The van der Waals surface area contributed by atoms with E-state index in [9.17, 15) is 5.11 Å². The lowest BCUT2D eigenvalue weighted by atomic mass is 9.95. The molecule has 10 heteroatoms. The van der Waals surface area contributed by atoms with Crippen LogP contribution in [-0.4, -0.2) is 46.4 Å². The number of aliphatic hydroxyl groups is 1. The molecule has 0 bridgehead atoms. The third kappa shape index (κ3) is 4.16. The summed E-state index contributed by atoms with van der Waals surface area (Å²) in [5, 5.41) is 11.1. The van der Waals surface area contributed by atoms with Crippen LogP contribution in [-0.2, 0) is 4.74 Å². The summed E-state index contributed by atoms with van der Waals surface area (Å²) in [4.78, 5) is 14.6. The molecule has 7 nitrogen and oxygen atoms in total. The standard InChI is InChI=1S/C25H22ClF2N5O2/c1-13-23(32-5-4-30-13)25(34)16-10-15(18(27)11-17(16)26)14-2-3-31-24-21(14)19(28)12-20(22(24)29)33-6-8-35-9-7-33/h2-5,10-12,25,34H,6-9,29H2,1H3/t25-/m0/s1. The minimum Gasteiger partial charge on any atom is -0.395 e. The van der Waals surface area contributed by atoms with Crippen molar-refractivity contribution >= 4 is 33.9 Å². The van der Waals surface area contributed by atoms with E-state index in [0.717, 1.165) is 6.07 Å². The van der Waals surface area contributed by atoms with Gasteiger partial charge in [0, 0.05) is 59.3 Å². The molecule has 5 rings (SSSR count). The van der Waals surface area contributed by atoms with Crippen LogP contribution >= 0.6 is 11.6 Å². The molecule has 1 fully saturated rings. The van der Waals surface area contributed by atoms with E-state index in [-0.39, 0.29) is 38.3 Å². The molecular formula is C25H22ClF2N5O2. The fourth-order valence-corrected chi connectivity index (χ4v) is 4.66. The number of anilines is 2. The number of nitrogens with zero attached hydrogens (tertiary/aromatic N) is 4. The highest BCUT2D eigenvalue weighted by Gasteiger charge is 2.24.